The molecule has 17 heavy (non-hydrogen) atoms. The molecule has 0 spiro atoms. The van der Waals surface area contributed by atoms with Crippen molar-refractivity contribution < 1.29 is 5.11 Å². The average molecular weight is 249 g/mol. The lowest BCUT2D eigenvalue weighted by atomic mass is 10.1. The van der Waals surface area contributed by atoms with E-state index in [0.717, 1.165) is 23.1 Å². The SMILES string of the molecule is Oc1ccc(CSC2CC3CCC(C2)N3)cc1. The Kier molecular flexibility index (Phi) is 3.30. The van der Waals surface area contributed by atoms with Crippen LogP contribution in [-0.4, -0.2) is 22.4 Å². The average Bonchev–Trinajstić information content (AvgIpc) is 2.68. The van der Waals surface area contributed by atoms with E-state index in [-0.39, 0.29) is 0 Å². The van der Waals surface area contributed by atoms with Crippen LogP contribution in [0.15, 0.2) is 24.3 Å². The molecular weight excluding hydrogens is 230 g/mol. The summed E-state index contributed by atoms with van der Waals surface area (Å²) in [6.07, 6.45) is 5.42. The highest BCUT2D eigenvalue weighted by Gasteiger charge is 2.33. The Bertz CT molecular complexity index is 366. The molecule has 3 heteroatoms. The standard InChI is InChI=1S/C14H19NOS/c16-13-5-1-10(2-6-13)9-17-14-7-11-3-4-12(8-14)15-11/h1-2,5-6,11-12,14-16H,3-4,7-9H2. The smallest absolute Gasteiger partial charge is 0.115 e. The molecule has 1 aromatic rings. The molecule has 2 bridgehead atoms. The first-order valence-electron chi connectivity index (χ1n) is 6.45. The second-order valence-electron chi connectivity index (χ2n) is 5.21. The Morgan fingerprint density at radius 1 is 1.12 bits per heavy atom. The normalized spacial score (nSPS) is 31.6. The summed E-state index contributed by atoms with van der Waals surface area (Å²) in [5.41, 5.74) is 1.32. The molecule has 1 aromatic carbocycles. The van der Waals surface area contributed by atoms with E-state index in [9.17, 15) is 5.11 Å². The van der Waals surface area contributed by atoms with Gasteiger partial charge in [-0.2, -0.15) is 11.8 Å². The van der Waals surface area contributed by atoms with Gasteiger partial charge < -0.3 is 10.4 Å². The first kappa shape index (κ1) is 11.4. The number of piperidine rings is 1. The van der Waals surface area contributed by atoms with Gasteiger partial charge in [0, 0.05) is 23.1 Å². The second-order valence-corrected chi connectivity index (χ2v) is 6.50. The second kappa shape index (κ2) is 4.91. The monoisotopic (exact) mass is 249 g/mol. The molecule has 2 nitrogen and oxygen atoms in total. The van der Waals surface area contributed by atoms with Crippen molar-refractivity contribution in [2.75, 3.05) is 0 Å². The number of rotatable bonds is 3. The number of fused-ring (bicyclic) bond motifs is 2. The molecule has 0 amide bonds. The number of phenols is 1. The fourth-order valence-corrected chi connectivity index (χ4v) is 4.30. The Morgan fingerprint density at radius 2 is 1.76 bits per heavy atom. The number of hydrogen-bond donors (Lipinski definition) is 2. The van der Waals surface area contributed by atoms with Crippen molar-refractivity contribution in [3.8, 4) is 5.75 Å². The van der Waals surface area contributed by atoms with Gasteiger partial charge >= 0.3 is 0 Å². The molecule has 2 saturated heterocycles. The van der Waals surface area contributed by atoms with Gasteiger partial charge in [-0.05, 0) is 43.4 Å². The fourth-order valence-electron chi connectivity index (χ4n) is 2.95. The van der Waals surface area contributed by atoms with Crippen LogP contribution in [-0.2, 0) is 5.75 Å². The van der Waals surface area contributed by atoms with Crippen LogP contribution >= 0.6 is 11.8 Å². The zero-order valence-corrected chi connectivity index (χ0v) is 10.7. The van der Waals surface area contributed by atoms with Gasteiger partial charge in [0.2, 0.25) is 0 Å². The van der Waals surface area contributed by atoms with E-state index < -0.39 is 0 Å². The Balaban J connectivity index is 1.52. The van der Waals surface area contributed by atoms with Crippen LogP contribution in [0.3, 0.4) is 0 Å². The van der Waals surface area contributed by atoms with Crippen molar-refractivity contribution in [2.24, 2.45) is 0 Å². The Labute approximate surface area is 107 Å². The van der Waals surface area contributed by atoms with Gasteiger partial charge in [-0.1, -0.05) is 12.1 Å². The molecule has 2 aliphatic rings. The van der Waals surface area contributed by atoms with Gasteiger partial charge in [-0.15, -0.1) is 0 Å². The summed E-state index contributed by atoms with van der Waals surface area (Å²) >= 11 is 2.08. The van der Waals surface area contributed by atoms with E-state index in [0.29, 0.717) is 5.75 Å². The van der Waals surface area contributed by atoms with E-state index in [1.807, 2.05) is 12.1 Å². The van der Waals surface area contributed by atoms with Crippen LogP contribution in [0.25, 0.3) is 0 Å². The third kappa shape index (κ3) is 2.78. The van der Waals surface area contributed by atoms with Crippen molar-refractivity contribution in [3.05, 3.63) is 29.8 Å². The van der Waals surface area contributed by atoms with Crippen LogP contribution in [0, 0.1) is 0 Å². The van der Waals surface area contributed by atoms with E-state index in [1.54, 1.807) is 12.1 Å². The Hall–Kier alpha value is -0.670. The highest BCUT2D eigenvalue weighted by molar-refractivity contribution is 7.99. The molecular formula is C14H19NOS. The van der Waals surface area contributed by atoms with Gasteiger partial charge in [0.25, 0.3) is 0 Å². The van der Waals surface area contributed by atoms with E-state index in [2.05, 4.69) is 17.1 Å². The molecule has 2 N–H and O–H groups in total. The van der Waals surface area contributed by atoms with Crippen LogP contribution in [0.1, 0.15) is 31.2 Å². The van der Waals surface area contributed by atoms with Crippen molar-refractivity contribution >= 4 is 11.8 Å². The number of benzene rings is 1. The van der Waals surface area contributed by atoms with E-state index in [1.165, 1.54) is 31.2 Å². The molecule has 92 valence electrons. The van der Waals surface area contributed by atoms with Crippen LogP contribution in [0.2, 0.25) is 0 Å². The quantitative estimate of drug-likeness (QED) is 0.864. The lowest BCUT2D eigenvalue weighted by Gasteiger charge is -2.28. The maximum Gasteiger partial charge on any atom is 0.115 e. The zero-order chi connectivity index (χ0) is 11.7. The number of hydrogen-bond acceptors (Lipinski definition) is 3. The Morgan fingerprint density at radius 3 is 2.41 bits per heavy atom. The van der Waals surface area contributed by atoms with E-state index >= 15 is 0 Å². The number of thioether (sulfide) groups is 1. The number of aromatic hydroxyl groups is 1. The van der Waals surface area contributed by atoms with Crippen LogP contribution in [0.4, 0.5) is 0 Å². The third-order valence-corrected chi connectivity index (χ3v) is 5.21. The fraction of sp³-hybridized carbons (Fsp3) is 0.571. The largest absolute Gasteiger partial charge is 0.508 e. The summed E-state index contributed by atoms with van der Waals surface area (Å²) in [6, 6.07) is 9.18. The molecule has 2 aliphatic heterocycles. The summed E-state index contributed by atoms with van der Waals surface area (Å²) in [7, 11) is 0. The predicted molar refractivity (Wildman–Crippen MR) is 72.4 cm³/mol. The van der Waals surface area contributed by atoms with Gasteiger partial charge in [0.05, 0.1) is 0 Å². The maximum absolute atomic E-state index is 9.24. The molecule has 0 aromatic heterocycles. The molecule has 2 fully saturated rings. The minimum atomic E-state index is 0.360. The third-order valence-electron chi connectivity index (χ3n) is 3.85. The van der Waals surface area contributed by atoms with Crippen LogP contribution < -0.4 is 5.32 Å². The highest BCUT2D eigenvalue weighted by atomic mass is 32.2. The highest BCUT2D eigenvalue weighted by Crippen LogP contribution is 2.34. The molecule has 0 saturated carbocycles. The zero-order valence-electron chi connectivity index (χ0n) is 9.93. The van der Waals surface area contributed by atoms with Crippen LogP contribution in [0.5, 0.6) is 5.75 Å². The summed E-state index contributed by atoms with van der Waals surface area (Å²) in [6.45, 7) is 0. The van der Waals surface area contributed by atoms with Gasteiger partial charge in [0.1, 0.15) is 5.75 Å². The maximum atomic E-state index is 9.24. The molecule has 0 aliphatic carbocycles. The minimum Gasteiger partial charge on any atom is -0.508 e. The summed E-state index contributed by atoms with van der Waals surface area (Å²) in [4.78, 5) is 0. The summed E-state index contributed by atoms with van der Waals surface area (Å²) in [5, 5.41) is 13.7. The van der Waals surface area contributed by atoms with Gasteiger partial charge in [-0.25, -0.2) is 0 Å². The number of phenolic OH excluding ortho intramolecular Hbond substituents is 1. The lowest BCUT2D eigenvalue weighted by molar-refractivity contribution is 0.415. The predicted octanol–water partition coefficient (Wildman–Crippen LogP) is 2.91. The molecule has 0 radical (unpaired) electrons. The van der Waals surface area contributed by atoms with E-state index in [4.69, 9.17) is 0 Å². The first-order valence-corrected chi connectivity index (χ1v) is 7.50. The van der Waals surface area contributed by atoms with Gasteiger partial charge in [0.15, 0.2) is 0 Å². The first-order chi connectivity index (χ1) is 8.29. The molecule has 2 heterocycles. The summed E-state index contributed by atoms with van der Waals surface area (Å²) < 4.78 is 0. The molecule has 2 unspecified atom stereocenters. The molecule has 3 rings (SSSR count). The van der Waals surface area contributed by atoms with Crippen molar-refractivity contribution in [3.63, 3.8) is 0 Å². The summed E-state index contributed by atoms with van der Waals surface area (Å²) in [5.74, 6) is 1.43. The molecule has 2 atom stereocenters. The van der Waals surface area contributed by atoms with Crippen molar-refractivity contribution in [1.82, 2.24) is 5.32 Å². The van der Waals surface area contributed by atoms with Gasteiger partial charge in [-0.3, -0.25) is 0 Å². The lowest BCUT2D eigenvalue weighted by Crippen LogP contribution is -2.39. The van der Waals surface area contributed by atoms with Crippen molar-refractivity contribution in [1.29, 1.82) is 0 Å². The van der Waals surface area contributed by atoms with Crippen molar-refractivity contribution in [2.45, 2.75) is 48.8 Å². The topological polar surface area (TPSA) is 32.3 Å². The minimum absolute atomic E-state index is 0.360. The number of nitrogens with one attached hydrogen (secondary N) is 1.